The van der Waals surface area contributed by atoms with E-state index in [1.54, 1.807) is 0 Å². The van der Waals surface area contributed by atoms with Crippen LogP contribution in [-0.2, 0) is 19.0 Å². The van der Waals surface area contributed by atoms with Gasteiger partial charge < -0.3 is 14.2 Å². The summed E-state index contributed by atoms with van der Waals surface area (Å²) in [6.45, 7) is 2.93. The predicted molar refractivity (Wildman–Crippen MR) is 46.4 cm³/mol. The summed E-state index contributed by atoms with van der Waals surface area (Å²) in [6.07, 6.45) is 4.21. The Morgan fingerprint density at radius 2 is 2.14 bits per heavy atom. The Labute approximate surface area is 81.8 Å². The maximum absolute atomic E-state index is 11.7. The smallest absolute Gasteiger partial charge is 0.321 e. The standard InChI is InChI=1S/C10H12O4/c1-9-3-2-7(14-8(9)11)6-10(9)12-4-5-13-10/h2-3,7H,4-6H2,1H3/t7-,9-/m0/s1. The first-order chi connectivity index (χ1) is 6.66. The van der Waals surface area contributed by atoms with Crippen molar-refractivity contribution in [1.29, 1.82) is 0 Å². The monoisotopic (exact) mass is 196 g/mol. The van der Waals surface area contributed by atoms with Gasteiger partial charge in [-0.05, 0) is 13.0 Å². The zero-order valence-electron chi connectivity index (χ0n) is 7.99. The first-order valence-corrected chi connectivity index (χ1v) is 4.85. The van der Waals surface area contributed by atoms with E-state index in [0.29, 0.717) is 19.6 Å². The molecule has 0 amide bonds. The molecule has 3 heterocycles. The van der Waals surface area contributed by atoms with Gasteiger partial charge in [0.15, 0.2) is 5.79 Å². The minimum atomic E-state index is -0.766. The summed E-state index contributed by atoms with van der Waals surface area (Å²) in [5.74, 6) is -1.000. The van der Waals surface area contributed by atoms with Crippen molar-refractivity contribution in [1.82, 2.24) is 0 Å². The molecule has 1 spiro atoms. The Kier molecular flexibility index (Phi) is 1.43. The summed E-state index contributed by atoms with van der Waals surface area (Å²) in [5.41, 5.74) is -0.766. The van der Waals surface area contributed by atoms with Crippen molar-refractivity contribution in [3.8, 4) is 0 Å². The molecule has 0 N–H and O–H groups in total. The number of hydrogen-bond donors (Lipinski definition) is 0. The molecule has 2 saturated heterocycles. The van der Waals surface area contributed by atoms with Crippen LogP contribution in [0.4, 0.5) is 0 Å². The highest BCUT2D eigenvalue weighted by Gasteiger charge is 2.63. The van der Waals surface area contributed by atoms with Crippen LogP contribution in [-0.4, -0.2) is 31.1 Å². The molecule has 3 aliphatic heterocycles. The van der Waals surface area contributed by atoms with Gasteiger partial charge in [-0.1, -0.05) is 6.08 Å². The van der Waals surface area contributed by atoms with E-state index in [9.17, 15) is 4.79 Å². The van der Waals surface area contributed by atoms with Gasteiger partial charge in [0.1, 0.15) is 11.5 Å². The van der Waals surface area contributed by atoms with E-state index in [1.165, 1.54) is 0 Å². The van der Waals surface area contributed by atoms with Gasteiger partial charge in [0, 0.05) is 6.42 Å². The number of carbonyl (C=O) groups is 1. The van der Waals surface area contributed by atoms with Crippen molar-refractivity contribution < 1.29 is 19.0 Å². The third-order valence-corrected chi connectivity index (χ3v) is 3.34. The number of hydrogen-bond acceptors (Lipinski definition) is 4. The van der Waals surface area contributed by atoms with Gasteiger partial charge >= 0.3 is 5.97 Å². The molecule has 0 aromatic carbocycles. The first kappa shape index (κ1) is 8.44. The zero-order valence-corrected chi connectivity index (χ0v) is 7.99. The molecule has 0 aromatic heterocycles. The quantitative estimate of drug-likeness (QED) is 0.421. The van der Waals surface area contributed by atoms with E-state index in [2.05, 4.69) is 0 Å². The van der Waals surface area contributed by atoms with Crippen molar-refractivity contribution >= 4 is 5.97 Å². The molecule has 4 aliphatic rings. The van der Waals surface area contributed by atoms with Crippen LogP contribution in [0.5, 0.6) is 0 Å². The van der Waals surface area contributed by atoms with Crippen LogP contribution >= 0.6 is 0 Å². The lowest BCUT2D eigenvalue weighted by molar-refractivity contribution is -0.265. The number of rotatable bonds is 0. The number of ether oxygens (including phenoxy) is 3. The minimum absolute atomic E-state index is 0.178. The second kappa shape index (κ2) is 2.38. The van der Waals surface area contributed by atoms with Gasteiger partial charge in [0.25, 0.3) is 0 Å². The summed E-state index contributed by atoms with van der Waals surface area (Å²) in [6, 6.07) is 0. The molecule has 0 radical (unpaired) electrons. The van der Waals surface area contributed by atoms with Gasteiger partial charge in [-0.2, -0.15) is 0 Å². The van der Waals surface area contributed by atoms with Crippen LogP contribution in [0.2, 0.25) is 0 Å². The third kappa shape index (κ3) is 0.786. The van der Waals surface area contributed by atoms with Gasteiger partial charge in [0.2, 0.25) is 0 Å². The molecular formula is C10H12O4. The van der Waals surface area contributed by atoms with Gasteiger partial charge in [-0.15, -0.1) is 0 Å². The average Bonchev–Trinajstić information content (AvgIpc) is 2.59. The topological polar surface area (TPSA) is 44.8 Å². The lowest BCUT2D eigenvalue weighted by Crippen LogP contribution is -2.60. The Balaban J connectivity index is 2.09. The summed E-state index contributed by atoms with van der Waals surface area (Å²) in [5, 5.41) is 0. The van der Waals surface area contributed by atoms with Gasteiger partial charge in [0.05, 0.1) is 13.2 Å². The zero-order chi connectivity index (χ0) is 9.81. The SMILES string of the molecule is C[C@@]12C=C[C@@H](CC13OCCO3)OC2=O. The Bertz CT molecular complexity index is 316. The summed E-state index contributed by atoms with van der Waals surface area (Å²) < 4.78 is 16.4. The molecule has 2 fully saturated rings. The summed E-state index contributed by atoms with van der Waals surface area (Å²) in [7, 11) is 0. The number of esters is 1. The normalized spacial score (nSPS) is 43.2. The molecule has 1 aliphatic carbocycles. The van der Waals surface area contributed by atoms with Crippen LogP contribution < -0.4 is 0 Å². The fraction of sp³-hybridized carbons (Fsp3) is 0.700. The molecule has 4 heteroatoms. The highest BCUT2D eigenvalue weighted by molar-refractivity contribution is 5.82. The third-order valence-electron chi connectivity index (χ3n) is 3.34. The predicted octanol–water partition coefficient (Wildman–Crippen LogP) is 0.621. The van der Waals surface area contributed by atoms with Crippen molar-refractivity contribution in [2.24, 2.45) is 5.41 Å². The van der Waals surface area contributed by atoms with E-state index >= 15 is 0 Å². The van der Waals surface area contributed by atoms with E-state index < -0.39 is 11.2 Å². The molecule has 4 nitrogen and oxygen atoms in total. The van der Waals surface area contributed by atoms with Crippen LogP contribution in [0.1, 0.15) is 13.3 Å². The molecule has 0 unspecified atom stereocenters. The van der Waals surface area contributed by atoms with E-state index in [-0.39, 0.29) is 12.1 Å². The van der Waals surface area contributed by atoms with E-state index in [1.807, 2.05) is 19.1 Å². The van der Waals surface area contributed by atoms with Crippen LogP contribution in [0.15, 0.2) is 12.2 Å². The lowest BCUT2D eigenvalue weighted by atomic mass is 9.72. The molecule has 0 saturated carbocycles. The summed E-state index contributed by atoms with van der Waals surface area (Å²) in [4.78, 5) is 11.7. The second-order valence-electron chi connectivity index (χ2n) is 4.16. The highest BCUT2D eigenvalue weighted by Crippen LogP contribution is 2.50. The van der Waals surface area contributed by atoms with Crippen LogP contribution in [0.25, 0.3) is 0 Å². The van der Waals surface area contributed by atoms with Crippen LogP contribution in [0, 0.1) is 5.41 Å². The molecule has 2 bridgehead atoms. The number of carbonyl (C=O) groups excluding carboxylic acids is 1. The van der Waals surface area contributed by atoms with Gasteiger partial charge in [-0.3, -0.25) is 4.79 Å². The van der Waals surface area contributed by atoms with Crippen molar-refractivity contribution in [3.05, 3.63) is 12.2 Å². The Morgan fingerprint density at radius 1 is 1.43 bits per heavy atom. The molecule has 76 valence electrons. The average molecular weight is 196 g/mol. The Hall–Kier alpha value is -0.870. The Morgan fingerprint density at radius 3 is 2.79 bits per heavy atom. The first-order valence-electron chi connectivity index (χ1n) is 4.85. The molecule has 2 atom stereocenters. The molecule has 4 rings (SSSR count). The second-order valence-corrected chi connectivity index (χ2v) is 4.16. The fourth-order valence-corrected chi connectivity index (χ4v) is 2.41. The maximum Gasteiger partial charge on any atom is 0.321 e. The van der Waals surface area contributed by atoms with Crippen molar-refractivity contribution in [2.45, 2.75) is 25.2 Å². The minimum Gasteiger partial charge on any atom is -0.457 e. The van der Waals surface area contributed by atoms with Crippen molar-refractivity contribution in [3.63, 3.8) is 0 Å². The van der Waals surface area contributed by atoms with Crippen molar-refractivity contribution in [2.75, 3.05) is 13.2 Å². The van der Waals surface area contributed by atoms with Gasteiger partial charge in [-0.25, -0.2) is 0 Å². The molecular weight excluding hydrogens is 184 g/mol. The highest BCUT2D eigenvalue weighted by atomic mass is 16.7. The fourth-order valence-electron chi connectivity index (χ4n) is 2.41. The number of fused-ring (bicyclic) bond motifs is 1. The van der Waals surface area contributed by atoms with E-state index in [4.69, 9.17) is 14.2 Å². The molecule has 0 aromatic rings. The lowest BCUT2D eigenvalue weighted by Gasteiger charge is -2.49. The van der Waals surface area contributed by atoms with E-state index in [0.717, 1.165) is 0 Å². The largest absolute Gasteiger partial charge is 0.457 e. The van der Waals surface area contributed by atoms with Crippen LogP contribution in [0.3, 0.4) is 0 Å². The maximum atomic E-state index is 11.7. The summed E-state index contributed by atoms with van der Waals surface area (Å²) >= 11 is 0. The molecule has 14 heavy (non-hydrogen) atoms.